The van der Waals surface area contributed by atoms with Crippen molar-refractivity contribution >= 4 is 5.69 Å². The van der Waals surface area contributed by atoms with Crippen molar-refractivity contribution in [1.82, 2.24) is 0 Å². The lowest BCUT2D eigenvalue weighted by molar-refractivity contribution is 0.204. The van der Waals surface area contributed by atoms with Gasteiger partial charge in [0.05, 0.1) is 19.3 Å². The van der Waals surface area contributed by atoms with E-state index in [0.717, 1.165) is 29.2 Å². The van der Waals surface area contributed by atoms with Gasteiger partial charge in [0.25, 0.3) is 0 Å². The topological polar surface area (TPSA) is 50.7 Å². The minimum absolute atomic E-state index is 0.0396. The molecule has 0 aromatic heterocycles. The molecule has 110 valence electrons. The van der Waals surface area contributed by atoms with Gasteiger partial charge in [-0.15, -0.1) is 0 Å². The molecule has 0 radical (unpaired) electrons. The quantitative estimate of drug-likeness (QED) is 0.909. The number of aryl methyl sites for hydroxylation is 1. The average Bonchev–Trinajstić information content (AvgIpc) is 2.48. The highest BCUT2D eigenvalue weighted by molar-refractivity contribution is 5.61. The van der Waals surface area contributed by atoms with Crippen LogP contribution in [0.1, 0.15) is 11.1 Å². The number of benzene rings is 2. The predicted octanol–water partition coefficient (Wildman–Crippen LogP) is 3.12. The van der Waals surface area contributed by atoms with E-state index in [2.05, 4.69) is 18.3 Å². The molecule has 1 unspecified atom stereocenters. The number of fused-ring (bicyclic) bond motifs is 1. The summed E-state index contributed by atoms with van der Waals surface area (Å²) < 4.78 is 11.4. The first-order chi connectivity index (χ1) is 10.2. The molecule has 0 aliphatic carbocycles. The van der Waals surface area contributed by atoms with E-state index in [1.807, 2.05) is 12.1 Å². The third kappa shape index (κ3) is 2.89. The van der Waals surface area contributed by atoms with Gasteiger partial charge in [-0.05, 0) is 30.7 Å². The van der Waals surface area contributed by atoms with E-state index in [4.69, 9.17) is 9.47 Å². The molecule has 2 N–H and O–H groups in total. The van der Waals surface area contributed by atoms with E-state index in [9.17, 15) is 5.11 Å². The molecule has 3 rings (SSSR count). The number of ether oxygens (including phenoxy) is 2. The molecule has 0 amide bonds. The van der Waals surface area contributed by atoms with Gasteiger partial charge in [0.1, 0.15) is 23.4 Å². The van der Waals surface area contributed by atoms with E-state index in [-0.39, 0.29) is 11.9 Å². The highest BCUT2D eigenvalue weighted by atomic mass is 16.5. The van der Waals surface area contributed by atoms with Crippen molar-refractivity contribution in [3.8, 4) is 17.2 Å². The Balaban J connectivity index is 1.78. The average molecular weight is 285 g/mol. The molecule has 21 heavy (non-hydrogen) atoms. The highest BCUT2D eigenvalue weighted by Gasteiger charge is 2.21. The van der Waals surface area contributed by atoms with Gasteiger partial charge >= 0.3 is 0 Å². The van der Waals surface area contributed by atoms with Gasteiger partial charge in [0.2, 0.25) is 0 Å². The number of hydrogen-bond donors (Lipinski definition) is 2. The lowest BCUT2D eigenvalue weighted by Gasteiger charge is -2.28. The number of aromatic hydroxyl groups is 1. The Labute approximate surface area is 124 Å². The van der Waals surface area contributed by atoms with E-state index in [1.54, 1.807) is 25.3 Å². The number of methoxy groups -OCH3 is 1. The summed E-state index contributed by atoms with van der Waals surface area (Å²) in [5.74, 6) is 1.90. The summed E-state index contributed by atoms with van der Waals surface area (Å²) in [7, 11) is 1.69. The van der Waals surface area contributed by atoms with Gasteiger partial charge in [0, 0.05) is 12.5 Å². The zero-order valence-corrected chi connectivity index (χ0v) is 12.2. The standard InChI is InChI=1S/C17H19NO3/c1-11-3-5-16(20-2)12(7-11)8-14-10-18-15-9-13(19)4-6-17(15)21-14/h3-7,9,14,18-19H,8,10H2,1-2H3. The van der Waals surface area contributed by atoms with Gasteiger partial charge in [-0.3, -0.25) is 0 Å². The molecule has 1 atom stereocenters. The summed E-state index contributed by atoms with van der Waals surface area (Å²) in [5, 5.41) is 12.8. The first kappa shape index (κ1) is 13.6. The number of phenols is 1. The Kier molecular flexibility index (Phi) is 3.60. The Hall–Kier alpha value is -2.36. The second-order valence-corrected chi connectivity index (χ2v) is 5.32. The summed E-state index contributed by atoms with van der Waals surface area (Å²) in [6, 6.07) is 11.3. The molecule has 0 saturated heterocycles. The fourth-order valence-corrected chi connectivity index (χ4v) is 2.63. The van der Waals surface area contributed by atoms with Crippen LogP contribution in [0.4, 0.5) is 5.69 Å². The van der Waals surface area contributed by atoms with Crippen molar-refractivity contribution in [3.05, 3.63) is 47.5 Å². The van der Waals surface area contributed by atoms with Crippen molar-refractivity contribution in [2.75, 3.05) is 19.0 Å². The molecule has 0 saturated carbocycles. The van der Waals surface area contributed by atoms with Crippen LogP contribution in [0.3, 0.4) is 0 Å². The monoisotopic (exact) mass is 285 g/mol. The number of phenolic OH excluding ortho intramolecular Hbond substituents is 1. The summed E-state index contributed by atoms with van der Waals surface area (Å²) in [6.45, 7) is 2.77. The van der Waals surface area contributed by atoms with Crippen molar-refractivity contribution < 1.29 is 14.6 Å². The third-order valence-electron chi connectivity index (χ3n) is 3.66. The second-order valence-electron chi connectivity index (χ2n) is 5.32. The number of hydrogen-bond acceptors (Lipinski definition) is 4. The van der Waals surface area contributed by atoms with Crippen LogP contribution >= 0.6 is 0 Å². The predicted molar refractivity (Wildman–Crippen MR) is 82.4 cm³/mol. The van der Waals surface area contributed by atoms with E-state index < -0.39 is 0 Å². The largest absolute Gasteiger partial charge is 0.508 e. The van der Waals surface area contributed by atoms with Gasteiger partial charge in [-0.1, -0.05) is 17.7 Å². The lowest BCUT2D eigenvalue weighted by Crippen LogP contribution is -2.32. The van der Waals surface area contributed by atoms with Crippen LogP contribution in [-0.2, 0) is 6.42 Å². The molecule has 0 fully saturated rings. The molecule has 4 nitrogen and oxygen atoms in total. The SMILES string of the molecule is COc1ccc(C)cc1CC1CNc2cc(O)ccc2O1. The zero-order valence-electron chi connectivity index (χ0n) is 12.2. The fourth-order valence-electron chi connectivity index (χ4n) is 2.63. The lowest BCUT2D eigenvalue weighted by atomic mass is 10.0. The Morgan fingerprint density at radius 1 is 1.29 bits per heavy atom. The van der Waals surface area contributed by atoms with Crippen LogP contribution in [0, 0.1) is 6.92 Å². The minimum Gasteiger partial charge on any atom is -0.508 e. The normalized spacial score (nSPS) is 16.6. The molecule has 1 aliphatic rings. The van der Waals surface area contributed by atoms with Crippen LogP contribution in [0.15, 0.2) is 36.4 Å². The summed E-state index contributed by atoms with van der Waals surface area (Å²) in [6.07, 6.45) is 0.816. The van der Waals surface area contributed by atoms with Gasteiger partial charge < -0.3 is 19.9 Å². The highest BCUT2D eigenvalue weighted by Crippen LogP contribution is 2.33. The molecule has 2 aromatic rings. The van der Waals surface area contributed by atoms with E-state index in [0.29, 0.717) is 6.54 Å². The van der Waals surface area contributed by atoms with E-state index >= 15 is 0 Å². The van der Waals surface area contributed by atoms with Crippen molar-refractivity contribution in [3.63, 3.8) is 0 Å². The van der Waals surface area contributed by atoms with Crippen molar-refractivity contribution in [2.45, 2.75) is 19.4 Å². The fraction of sp³-hybridized carbons (Fsp3) is 0.294. The van der Waals surface area contributed by atoms with Crippen LogP contribution in [0.2, 0.25) is 0 Å². The van der Waals surface area contributed by atoms with E-state index in [1.165, 1.54) is 5.56 Å². The molecule has 4 heteroatoms. The van der Waals surface area contributed by atoms with Crippen LogP contribution in [0.25, 0.3) is 0 Å². The van der Waals surface area contributed by atoms with Crippen LogP contribution in [-0.4, -0.2) is 24.9 Å². The number of rotatable bonds is 3. The van der Waals surface area contributed by atoms with Gasteiger partial charge in [-0.25, -0.2) is 0 Å². The molecular weight excluding hydrogens is 266 g/mol. The van der Waals surface area contributed by atoms with Crippen LogP contribution in [0.5, 0.6) is 17.2 Å². The Morgan fingerprint density at radius 3 is 2.95 bits per heavy atom. The molecule has 2 aromatic carbocycles. The number of nitrogens with one attached hydrogen (secondary N) is 1. The molecule has 0 bridgehead atoms. The number of anilines is 1. The first-order valence-electron chi connectivity index (χ1n) is 7.03. The van der Waals surface area contributed by atoms with Gasteiger partial charge in [0.15, 0.2) is 0 Å². The Bertz CT molecular complexity index is 654. The zero-order chi connectivity index (χ0) is 14.8. The van der Waals surface area contributed by atoms with Crippen molar-refractivity contribution in [2.24, 2.45) is 0 Å². The first-order valence-corrected chi connectivity index (χ1v) is 7.03. The summed E-state index contributed by atoms with van der Waals surface area (Å²) in [5.41, 5.74) is 3.19. The summed E-state index contributed by atoms with van der Waals surface area (Å²) >= 11 is 0. The Morgan fingerprint density at radius 2 is 2.14 bits per heavy atom. The van der Waals surface area contributed by atoms with Crippen LogP contribution < -0.4 is 14.8 Å². The molecular formula is C17H19NO3. The van der Waals surface area contributed by atoms with Gasteiger partial charge in [-0.2, -0.15) is 0 Å². The molecule has 0 spiro atoms. The maximum atomic E-state index is 9.48. The maximum Gasteiger partial charge on any atom is 0.143 e. The maximum absolute atomic E-state index is 9.48. The summed E-state index contributed by atoms with van der Waals surface area (Å²) in [4.78, 5) is 0. The van der Waals surface area contributed by atoms with Crippen molar-refractivity contribution in [1.29, 1.82) is 0 Å². The smallest absolute Gasteiger partial charge is 0.143 e. The third-order valence-corrected chi connectivity index (χ3v) is 3.66. The second kappa shape index (κ2) is 5.56. The molecule has 1 heterocycles. The molecule has 1 aliphatic heterocycles. The minimum atomic E-state index is 0.0396.